The Hall–Kier alpha value is -1.90. The van der Waals surface area contributed by atoms with Crippen molar-refractivity contribution in [2.24, 2.45) is 7.05 Å². The Kier molecular flexibility index (Phi) is 2.32. The van der Waals surface area contributed by atoms with E-state index in [9.17, 15) is 4.79 Å². The molecule has 1 atom stereocenters. The molecule has 0 aliphatic heterocycles. The van der Waals surface area contributed by atoms with E-state index in [2.05, 4.69) is 23.2 Å². The molecule has 1 aromatic heterocycles. The van der Waals surface area contributed by atoms with Crippen molar-refractivity contribution in [3.8, 4) is 0 Å². The van der Waals surface area contributed by atoms with E-state index in [0.29, 0.717) is 18.0 Å². The van der Waals surface area contributed by atoms with Crippen LogP contribution in [0.3, 0.4) is 0 Å². The molecule has 3 heteroatoms. The highest BCUT2D eigenvalue weighted by Crippen LogP contribution is 2.37. The van der Waals surface area contributed by atoms with E-state index >= 15 is 0 Å². The van der Waals surface area contributed by atoms with Crippen molar-refractivity contribution in [2.45, 2.75) is 18.8 Å². The van der Waals surface area contributed by atoms with E-state index < -0.39 is 0 Å². The first-order valence-corrected chi connectivity index (χ1v) is 5.83. The lowest BCUT2D eigenvalue weighted by Crippen LogP contribution is -2.20. The van der Waals surface area contributed by atoms with Gasteiger partial charge in [-0.2, -0.15) is 0 Å². The number of carbonyl (C=O) groups is 1. The maximum Gasteiger partial charge on any atom is 0.183 e. The van der Waals surface area contributed by atoms with E-state index in [0.717, 1.165) is 6.42 Å². The minimum Gasteiger partial charge on any atom is -0.340 e. The molecule has 0 N–H and O–H groups in total. The number of benzene rings is 1. The van der Waals surface area contributed by atoms with Gasteiger partial charge in [-0.1, -0.05) is 24.3 Å². The molecule has 1 aliphatic rings. The third-order valence-electron chi connectivity index (χ3n) is 3.38. The summed E-state index contributed by atoms with van der Waals surface area (Å²) in [7, 11) is 1.88. The van der Waals surface area contributed by atoms with E-state index in [-0.39, 0.29) is 5.78 Å². The van der Waals surface area contributed by atoms with Gasteiger partial charge in [0, 0.05) is 19.7 Å². The molecule has 1 unspecified atom stereocenters. The topological polar surface area (TPSA) is 34.9 Å². The highest BCUT2D eigenvalue weighted by atomic mass is 16.1. The summed E-state index contributed by atoms with van der Waals surface area (Å²) >= 11 is 0. The van der Waals surface area contributed by atoms with Gasteiger partial charge in [0.25, 0.3) is 0 Å². The summed E-state index contributed by atoms with van der Waals surface area (Å²) < 4.78 is 1.81. The zero-order valence-electron chi connectivity index (χ0n) is 9.76. The van der Waals surface area contributed by atoms with E-state index in [1.54, 1.807) is 12.5 Å². The molecule has 2 aromatic rings. The third kappa shape index (κ3) is 1.78. The average Bonchev–Trinajstić information content (AvgIpc) is 2.73. The Balaban J connectivity index is 1.72. The molecule has 86 valence electrons. The van der Waals surface area contributed by atoms with Crippen LogP contribution in [-0.4, -0.2) is 15.3 Å². The number of fused-ring (bicyclic) bond motifs is 1. The number of imidazole rings is 1. The number of Topliss-reactive ketones (excluding diaryl/α,β-unsaturated/α-hetero) is 1. The fourth-order valence-corrected chi connectivity index (χ4v) is 2.43. The summed E-state index contributed by atoms with van der Waals surface area (Å²) in [6, 6.07) is 8.35. The fourth-order valence-electron chi connectivity index (χ4n) is 2.43. The van der Waals surface area contributed by atoms with Gasteiger partial charge in [0.2, 0.25) is 0 Å². The molecular weight excluding hydrogens is 212 g/mol. The molecule has 0 saturated heterocycles. The molecule has 17 heavy (non-hydrogen) atoms. The first kappa shape index (κ1) is 10.3. The fraction of sp³-hybridized carbons (Fsp3) is 0.286. The molecule has 0 amide bonds. The smallest absolute Gasteiger partial charge is 0.183 e. The summed E-state index contributed by atoms with van der Waals surface area (Å²) in [5.41, 5.74) is 3.29. The van der Waals surface area contributed by atoms with Gasteiger partial charge in [-0.05, 0) is 23.5 Å². The summed E-state index contributed by atoms with van der Waals surface area (Å²) in [6.07, 6.45) is 5.05. The van der Waals surface area contributed by atoms with Gasteiger partial charge in [-0.3, -0.25) is 4.79 Å². The molecule has 0 fully saturated rings. The van der Waals surface area contributed by atoms with Crippen molar-refractivity contribution >= 4 is 5.78 Å². The SMILES string of the molecule is Cn1cnc(C(=O)CC2Cc3ccccc32)c1. The van der Waals surface area contributed by atoms with E-state index in [1.165, 1.54) is 11.1 Å². The maximum atomic E-state index is 12.0. The van der Waals surface area contributed by atoms with Gasteiger partial charge in [0.15, 0.2) is 5.78 Å². The lowest BCUT2D eigenvalue weighted by Gasteiger charge is -2.29. The van der Waals surface area contributed by atoms with Gasteiger partial charge in [0.05, 0.1) is 6.33 Å². The number of hydrogen-bond donors (Lipinski definition) is 0. The molecule has 3 rings (SSSR count). The molecule has 0 saturated carbocycles. The second kappa shape index (κ2) is 3.84. The van der Waals surface area contributed by atoms with E-state index in [4.69, 9.17) is 0 Å². The first-order valence-electron chi connectivity index (χ1n) is 5.83. The minimum absolute atomic E-state index is 0.144. The van der Waals surface area contributed by atoms with Crippen LogP contribution in [0.4, 0.5) is 0 Å². The van der Waals surface area contributed by atoms with Crippen LogP contribution in [0.25, 0.3) is 0 Å². The van der Waals surface area contributed by atoms with Crippen LogP contribution in [0.5, 0.6) is 0 Å². The number of ketones is 1. The van der Waals surface area contributed by atoms with Gasteiger partial charge < -0.3 is 4.57 Å². The predicted molar refractivity (Wildman–Crippen MR) is 65.0 cm³/mol. The lowest BCUT2D eigenvalue weighted by atomic mass is 9.75. The summed E-state index contributed by atoms with van der Waals surface area (Å²) in [5, 5.41) is 0. The third-order valence-corrected chi connectivity index (χ3v) is 3.38. The molecule has 0 radical (unpaired) electrons. The summed E-state index contributed by atoms with van der Waals surface area (Å²) in [5.74, 6) is 0.533. The Morgan fingerprint density at radius 1 is 1.47 bits per heavy atom. The van der Waals surface area contributed by atoms with Crippen LogP contribution in [0.2, 0.25) is 0 Å². The quantitative estimate of drug-likeness (QED) is 0.753. The second-order valence-electron chi connectivity index (χ2n) is 4.65. The summed E-state index contributed by atoms with van der Waals surface area (Å²) in [6.45, 7) is 0. The van der Waals surface area contributed by atoms with Gasteiger partial charge >= 0.3 is 0 Å². The van der Waals surface area contributed by atoms with Crippen LogP contribution < -0.4 is 0 Å². The minimum atomic E-state index is 0.144. The maximum absolute atomic E-state index is 12.0. The highest BCUT2D eigenvalue weighted by Gasteiger charge is 2.28. The number of hydrogen-bond acceptors (Lipinski definition) is 2. The molecule has 3 nitrogen and oxygen atoms in total. The number of nitrogens with zero attached hydrogens (tertiary/aromatic N) is 2. The highest BCUT2D eigenvalue weighted by molar-refractivity contribution is 5.94. The largest absolute Gasteiger partial charge is 0.340 e. The van der Waals surface area contributed by atoms with Crippen LogP contribution >= 0.6 is 0 Å². The van der Waals surface area contributed by atoms with Crippen molar-refractivity contribution < 1.29 is 4.79 Å². The molecular formula is C14H14N2O. The van der Waals surface area contributed by atoms with Crippen molar-refractivity contribution in [1.82, 2.24) is 9.55 Å². The van der Waals surface area contributed by atoms with Gasteiger partial charge in [-0.25, -0.2) is 4.98 Å². The van der Waals surface area contributed by atoms with Crippen LogP contribution in [0.15, 0.2) is 36.8 Å². The zero-order valence-corrected chi connectivity index (χ0v) is 9.76. The number of aryl methyl sites for hydroxylation is 1. The molecule has 1 heterocycles. The summed E-state index contributed by atoms with van der Waals surface area (Å²) in [4.78, 5) is 16.1. The normalized spacial score (nSPS) is 17.4. The standard InChI is InChI=1S/C14H14N2O/c1-16-8-13(15-9-16)14(17)7-11-6-10-4-2-3-5-12(10)11/h2-5,8-9,11H,6-7H2,1H3. The van der Waals surface area contributed by atoms with E-state index in [1.807, 2.05) is 17.7 Å². The molecule has 0 spiro atoms. The van der Waals surface area contributed by atoms with Crippen LogP contribution in [0, 0.1) is 0 Å². The zero-order chi connectivity index (χ0) is 11.8. The first-order chi connectivity index (χ1) is 8.24. The van der Waals surface area contributed by atoms with Gasteiger partial charge in [-0.15, -0.1) is 0 Å². The second-order valence-corrected chi connectivity index (χ2v) is 4.65. The number of aromatic nitrogens is 2. The number of carbonyl (C=O) groups excluding carboxylic acids is 1. The Labute approximate surface area is 100 Å². The van der Waals surface area contributed by atoms with Crippen LogP contribution in [-0.2, 0) is 13.5 Å². The number of rotatable bonds is 3. The monoisotopic (exact) mass is 226 g/mol. The van der Waals surface area contributed by atoms with Crippen LogP contribution in [0.1, 0.15) is 34.0 Å². The van der Waals surface area contributed by atoms with Crippen molar-refractivity contribution in [1.29, 1.82) is 0 Å². The van der Waals surface area contributed by atoms with Crippen molar-refractivity contribution in [3.63, 3.8) is 0 Å². The predicted octanol–water partition coefficient (Wildman–Crippen LogP) is 2.33. The lowest BCUT2D eigenvalue weighted by molar-refractivity contribution is 0.0966. The molecule has 1 aromatic carbocycles. The Morgan fingerprint density at radius 2 is 2.29 bits per heavy atom. The Bertz CT molecular complexity index is 571. The molecule has 1 aliphatic carbocycles. The molecule has 0 bridgehead atoms. The Morgan fingerprint density at radius 3 is 3.00 bits per heavy atom. The van der Waals surface area contributed by atoms with Crippen molar-refractivity contribution in [2.75, 3.05) is 0 Å². The average molecular weight is 226 g/mol. The van der Waals surface area contributed by atoms with Crippen molar-refractivity contribution in [3.05, 3.63) is 53.6 Å². The van der Waals surface area contributed by atoms with Gasteiger partial charge in [0.1, 0.15) is 5.69 Å².